The van der Waals surface area contributed by atoms with Crippen molar-refractivity contribution < 1.29 is 24.9 Å². The summed E-state index contributed by atoms with van der Waals surface area (Å²) < 4.78 is 0. The van der Waals surface area contributed by atoms with Gasteiger partial charge in [0.15, 0.2) is 17.2 Å². The lowest BCUT2D eigenvalue weighted by atomic mass is 10.1. The molecule has 8 nitrogen and oxygen atoms in total. The van der Waals surface area contributed by atoms with Crippen molar-refractivity contribution in [3.8, 4) is 23.3 Å². The zero-order chi connectivity index (χ0) is 18.4. The molecule has 0 aliphatic rings. The summed E-state index contributed by atoms with van der Waals surface area (Å²) in [6, 6.07) is 10.5. The number of para-hydroxylation sites is 1. The van der Waals surface area contributed by atoms with Gasteiger partial charge in [0.1, 0.15) is 6.42 Å². The Hall–Kier alpha value is -3.73. The molecule has 2 aromatic rings. The highest BCUT2D eigenvalue weighted by Crippen LogP contribution is 2.35. The molecule has 2 amide bonds. The predicted octanol–water partition coefficient (Wildman–Crippen LogP) is 1.59. The van der Waals surface area contributed by atoms with Crippen LogP contribution in [-0.4, -0.2) is 27.1 Å². The lowest BCUT2D eigenvalue weighted by Crippen LogP contribution is -2.23. The zero-order valence-electron chi connectivity index (χ0n) is 13.0. The molecule has 2 aromatic carbocycles. The number of carbonyl (C=O) groups is 2. The van der Waals surface area contributed by atoms with Gasteiger partial charge in [-0.3, -0.25) is 9.59 Å². The van der Waals surface area contributed by atoms with E-state index in [1.807, 2.05) is 0 Å². The molecule has 0 aliphatic heterocycles. The van der Waals surface area contributed by atoms with Crippen molar-refractivity contribution in [1.29, 1.82) is 5.26 Å². The number of nitrogens with zero attached hydrogens (tertiary/aromatic N) is 1. The van der Waals surface area contributed by atoms with Gasteiger partial charge < -0.3 is 26.0 Å². The first-order valence-corrected chi connectivity index (χ1v) is 7.20. The van der Waals surface area contributed by atoms with E-state index in [1.54, 1.807) is 30.3 Å². The van der Waals surface area contributed by atoms with Crippen LogP contribution in [0, 0.1) is 11.3 Å². The number of carbonyl (C=O) groups excluding carboxylic acids is 2. The van der Waals surface area contributed by atoms with Crippen molar-refractivity contribution in [3.05, 3.63) is 47.5 Å². The van der Waals surface area contributed by atoms with Crippen LogP contribution >= 0.6 is 0 Å². The van der Waals surface area contributed by atoms with Crippen molar-refractivity contribution in [2.45, 2.75) is 13.0 Å². The number of anilines is 1. The highest BCUT2D eigenvalue weighted by Gasteiger charge is 2.14. The second-order valence-corrected chi connectivity index (χ2v) is 5.09. The monoisotopic (exact) mass is 341 g/mol. The van der Waals surface area contributed by atoms with Crippen LogP contribution in [0.1, 0.15) is 22.3 Å². The molecule has 0 fully saturated rings. The van der Waals surface area contributed by atoms with Gasteiger partial charge in [-0.15, -0.1) is 0 Å². The average Bonchev–Trinajstić information content (AvgIpc) is 2.58. The molecule has 0 saturated heterocycles. The molecule has 0 atom stereocenters. The number of rotatable bonds is 5. The Kier molecular flexibility index (Phi) is 5.43. The molecule has 0 unspecified atom stereocenters. The normalized spacial score (nSPS) is 9.88. The quantitative estimate of drug-likeness (QED) is 0.523. The first-order chi connectivity index (χ1) is 11.9. The van der Waals surface area contributed by atoms with Gasteiger partial charge >= 0.3 is 0 Å². The number of nitriles is 1. The molecule has 128 valence electrons. The van der Waals surface area contributed by atoms with Gasteiger partial charge in [0, 0.05) is 17.8 Å². The SMILES string of the molecule is N#CCC(=O)Nc1ccccc1CNC(=O)c1cc(O)c(O)c(O)c1. The molecule has 0 saturated carbocycles. The molecule has 25 heavy (non-hydrogen) atoms. The van der Waals surface area contributed by atoms with E-state index in [0.717, 1.165) is 12.1 Å². The summed E-state index contributed by atoms with van der Waals surface area (Å²) >= 11 is 0. The molecular formula is C17H15N3O5. The van der Waals surface area contributed by atoms with Crippen LogP contribution in [0.4, 0.5) is 5.69 Å². The highest BCUT2D eigenvalue weighted by molar-refractivity contribution is 5.96. The molecular weight excluding hydrogens is 326 g/mol. The van der Waals surface area contributed by atoms with Gasteiger partial charge in [-0.1, -0.05) is 18.2 Å². The van der Waals surface area contributed by atoms with E-state index < -0.39 is 29.1 Å². The van der Waals surface area contributed by atoms with Crippen LogP contribution in [0.25, 0.3) is 0 Å². The first kappa shape index (κ1) is 17.6. The lowest BCUT2D eigenvalue weighted by Gasteiger charge is -2.12. The summed E-state index contributed by atoms with van der Waals surface area (Å²) in [5.74, 6) is -3.00. The van der Waals surface area contributed by atoms with E-state index in [2.05, 4.69) is 10.6 Å². The average molecular weight is 341 g/mol. The molecule has 0 heterocycles. The number of phenols is 3. The molecule has 2 rings (SSSR count). The van der Waals surface area contributed by atoms with Gasteiger partial charge in [-0.2, -0.15) is 5.26 Å². The second kappa shape index (κ2) is 7.70. The summed E-state index contributed by atoms with van der Waals surface area (Å²) in [5.41, 5.74) is 1.02. The Morgan fingerprint density at radius 1 is 1.08 bits per heavy atom. The first-order valence-electron chi connectivity index (χ1n) is 7.20. The third-order valence-electron chi connectivity index (χ3n) is 3.30. The molecule has 5 N–H and O–H groups in total. The maximum Gasteiger partial charge on any atom is 0.251 e. The minimum atomic E-state index is -0.706. The summed E-state index contributed by atoms with van der Waals surface area (Å²) in [6.07, 6.45) is -0.285. The maximum atomic E-state index is 12.1. The highest BCUT2D eigenvalue weighted by atomic mass is 16.3. The van der Waals surface area contributed by atoms with Crippen LogP contribution in [-0.2, 0) is 11.3 Å². The fourth-order valence-corrected chi connectivity index (χ4v) is 2.08. The summed E-state index contributed by atoms with van der Waals surface area (Å²) in [7, 11) is 0. The van der Waals surface area contributed by atoms with E-state index in [-0.39, 0.29) is 18.5 Å². The molecule has 0 bridgehead atoms. The van der Waals surface area contributed by atoms with Crippen molar-refractivity contribution in [1.82, 2.24) is 5.32 Å². The van der Waals surface area contributed by atoms with Crippen LogP contribution in [0.3, 0.4) is 0 Å². The third kappa shape index (κ3) is 4.39. The standard InChI is InChI=1S/C17H15N3O5/c18-6-5-15(23)20-12-4-2-1-3-10(12)9-19-17(25)11-7-13(21)16(24)14(22)8-11/h1-4,7-8,21-22,24H,5,9H2,(H,19,25)(H,20,23). The fraction of sp³-hybridized carbons (Fsp3) is 0.118. The number of hydrogen-bond acceptors (Lipinski definition) is 6. The summed E-state index contributed by atoms with van der Waals surface area (Å²) in [6.45, 7) is 0.0598. The maximum absolute atomic E-state index is 12.1. The van der Waals surface area contributed by atoms with E-state index in [4.69, 9.17) is 5.26 Å². The smallest absolute Gasteiger partial charge is 0.251 e. The van der Waals surface area contributed by atoms with Crippen molar-refractivity contribution in [2.24, 2.45) is 0 Å². The molecule has 0 aliphatic carbocycles. The van der Waals surface area contributed by atoms with Crippen LogP contribution in [0.2, 0.25) is 0 Å². The van der Waals surface area contributed by atoms with Gasteiger partial charge in [0.05, 0.1) is 6.07 Å². The number of amides is 2. The molecule has 0 spiro atoms. The van der Waals surface area contributed by atoms with E-state index >= 15 is 0 Å². The molecule has 0 aromatic heterocycles. The number of hydrogen-bond donors (Lipinski definition) is 5. The lowest BCUT2D eigenvalue weighted by molar-refractivity contribution is -0.115. The van der Waals surface area contributed by atoms with Crippen molar-refractivity contribution >= 4 is 17.5 Å². The van der Waals surface area contributed by atoms with Crippen LogP contribution in [0.5, 0.6) is 17.2 Å². The second-order valence-electron chi connectivity index (χ2n) is 5.09. The number of phenolic OH excluding ortho intramolecular Hbond substituents is 3. The van der Waals surface area contributed by atoms with Crippen molar-refractivity contribution in [2.75, 3.05) is 5.32 Å². The van der Waals surface area contributed by atoms with Crippen LogP contribution < -0.4 is 10.6 Å². The number of benzene rings is 2. The number of aromatic hydroxyl groups is 3. The Labute approximate surface area is 143 Å². The Bertz CT molecular complexity index is 835. The predicted molar refractivity (Wildman–Crippen MR) is 87.9 cm³/mol. The topological polar surface area (TPSA) is 143 Å². The molecule has 0 radical (unpaired) electrons. The van der Waals surface area contributed by atoms with Crippen molar-refractivity contribution in [3.63, 3.8) is 0 Å². The summed E-state index contributed by atoms with van der Waals surface area (Å²) in [5, 5.41) is 41.9. The van der Waals surface area contributed by atoms with Gasteiger partial charge in [-0.25, -0.2) is 0 Å². The van der Waals surface area contributed by atoms with E-state index in [0.29, 0.717) is 11.3 Å². The third-order valence-corrected chi connectivity index (χ3v) is 3.30. The zero-order valence-corrected chi connectivity index (χ0v) is 13.0. The summed E-state index contributed by atoms with van der Waals surface area (Å²) in [4.78, 5) is 23.7. The largest absolute Gasteiger partial charge is 0.504 e. The van der Waals surface area contributed by atoms with E-state index in [1.165, 1.54) is 0 Å². The molecule has 8 heteroatoms. The Morgan fingerprint density at radius 3 is 2.36 bits per heavy atom. The fourth-order valence-electron chi connectivity index (χ4n) is 2.08. The van der Waals surface area contributed by atoms with Gasteiger partial charge in [0.25, 0.3) is 5.91 Å². The Morgan fingerprint density at radius 2 is 1.72 bits per heavy atom. The van der Waals surface area contributed by atoms with Crippen LogP contribution in [0.15, 0.2) is 36.4 Å². The number of nitrogens with one attached hydrogen (secondary N) is 2. The minimum absolute atomic E-state index is 0.0428. The van der Waals surface area contributed by atoms with Gasteiger partial charge in [0.2, 0.25) is 5.91 Å². The Balaban J connectivity index is 2.10. The minimum Gasteiger partial charge on any atom is -0.504 e. The van der Waals surface area contributed by atoms with Gasteiger partial charge in [-0.05, 0) is 23.8 Å². The van der Waals surface area contributed by atoms with E-state index in [9.17, 15) is 24.9 Å².